The van der Waals surface area contributed by atoms with Crippen molar-refractivity contribution >= 4 is 23.3 Å². The topological polar surface area (TPSA) is 66.8 Å². The Morgan fingerprint density at radius 3 is 2.00 bits per heavy atom. The molecule has 0 saturated heterocycles. The molecule has 0 radical (unpaired) electrons. The number of nitrogens with zero attached hydrogens (tertiary/aromatic N) is 1. The van der Waals surface area contributed by atoms with Crippen molar-refractivity contribution in [3.05, 3.63) is 59.7 Å². The summed E-state index contributed by atoms with van der Waals surface area (Å²) in [5, 5.41) is 10.3. The summed E-state index contributed by atoms with van der Waals surface area (Å²) >= 11 is 0. The normalized spacial score (nSPS) is 17.6. The molecule has 1 saturated carbocycles. The van der Waals surface area contributed by atoms with Crippen LogP contribution in [0.3, 0.4) is 0 Å². The Hall–Kier alpha value is -2.66. The molecule has 2 aliphatic rings. The third kappa shape index (κ3) is 3.35. The smallest absolute Gasteiger partial charge is 0.338 e. The maximum Gasteiger partial charge on any atom is 0.338 e. The van der Waals surface area contributed by atoms with Crippen LogP contribution in [0.4, 0.5) is 11.4 Å². The Morgan fingerprint density at radius 2 is 1.44 bits per heavy atom. The molecule has 1 heterocycles. The number of anilines is 2. The summed E-state index contributed by atoms with van der Waals surface area (Å²) in [5.41, 5.74) is 2.38. The van der Waals surface area contributed by atoms with Crippen molar-refractivity contribution in [2.45, 2.75) is 44.1 Å². The second-order valence-corrected chi connectivity index (χ2v) is 7.30. The number of esters is 1. The van der Waals surface area contributed by atoms with Gasteiger partial charge in [-0.25, -0.2) is 4.79 Å². The zero-order valence-electron chi connectivity index (χ0n) is 15.2. The van der Waals surface area contributed by atoms with E-state index in [1.807, 2.05) is 48.5 Å². The van der Waals surface area contributed by atoms with Gasteiger partial charge in [-0.05, 0) is 61.8 Å². The van der Waals surface area contributed by atoms with E-state index in [-0.39, 0.29) is 12.5 Å². The summed E-state index contributed by atoms with van der Waals surface area (Å²) in [6.45, 7) is -0.385. The molecule has 0 spiro atoms. The van der Waals surface area contributed by atoms with Gasteiger partial charge in [-0.1, -0.05) is 36.4 Å². The molecule has 0 bridgehead atoms. The van der Waals surface area contributed by atoms with Gasteiger partial charge in [-0.15, -0.1) is 0 Å². The number of fused-ring (bicyclic) bond motifs is 2. The highest BCUT2D eigenvalue weighted by atomic mass is 16.6. The van der Waals surface area contributed by atoms with Crippen LogP contribution in [0, 0.1) is 0 Å². The number of para-hydroxylation sites is 2. The molecular formula is C22H23NO4. The monoisotopic (exact) mass is 365 g/mol. The first-order valence-electron chi connectivity index (χ1n) is 9.47. The van der Waals surface area contributed by atoms with Gasteiger partial charge in [-0.3, -0.25) is 9.69 Å². The third-order valence-corrected chi connectivity index (χ3v) is 5.52. The van der Waals surface area contributed by atoms with E-state index in [1.54, 1.807) is 4.90 Å². The maximum atomic E-state index is 13.1. The third-order valence-electron chi connectivity index (χ3n) is 5.52. The molecule has 2 aromatic carbocycles. The highest BCUT2D eigenvalue weighted by Crippen LogP contribution is 2.36. The number of hydrogen-bond acceptors (Lipinski definition) is 4. The number of amides is 1. The Bertz CT molecular complexity index is 823. The first-order valence-corrected chi connectivity index (χ1v) is 9.47. The number of carbonyl (C=O) groups excluding carboxylic acids is 2. The molecule has 2 aromatic rings. The molecule has 4 rings (SSSR count). The minimum absolute atomic E-state index is 0.313. The predicted octanol–water partition coefficient (Wildman–Crippen LogP) is 3.30. The maximum absolute atomic E-state index is 13.1. The van der Waals surface area contributed by atoms with Crippen molar-refractivity contribution in [2.75, 3.05) is 11.5 Å². The van der Waals surface area contributed by atoms with Crippen LogP contribution in [0.15, 0.2) is 48.5 Å². The quantitative estimate of drug-likeness (QED) is 0.848. The van der Waals surface area contributed by atoms with Gasteiger partial charge in [0.25, 0.3) is 5.91 Å². The van der Waals surface area contributed by atoms with Crippen molar-refractivity contribution in [3.63, 3.8) is 0 Å². The second kappa shape index (κ2) is 7.16. The fraction of sp³-hybridized carbons (Fsp3) is 0.364. The number of benzene rings is 2. The van der Waals surface area contributed by atoms with Crippen LogP contribution >= 0.6 is 0 Å². The van der Waals surface area contributed by atoms with E-state index in [1.165, 1.54) is 0 Å². The zero-order chi connectivity index (χ0) is 18.9. The lowest BCUT2D eigenvalue weighted by Crippen LogP contribution is -2.40. The van der Waals surface area contributed by atoms with Crippen molar-refractivity contribution in [3.8, 4) is 0 Å². The van der Waals surface area contributed by atoms with Gasteiger partial charge in [0.2, 0.25) is 0 Å². The largest absolute Gasteiger partial charge is 0.453 e. The van der Waals surface area contributed by atoms with E-state index in [0.29, 0.717) is 12.8 Å². The van der Waals surface area contributed by atoms with E-state index in [2.05, 4.69) is 0 Å². The molecule has 27 heavy (non-hydrogen) atoms. The van der Waals surface area contributed by atoms with E-state index >= 15 is 0 Å². The summed E-state index contributed by atoms with van der Waals surface area (Å²) in [4.78, 5) is 27.0. The highest BCUT2D eigenvalue weighted by molar-refractivity contribution is 6.03. The van der Waals surface area contributed by atoms with Crippen molar-refractivity contribution in [1.29, 1.82) is 0 Å². The van der Waals surface area contributed by atoms with Crippen molar-refractivity contribution in [1.82, 2.24) is 0 Å². The van der Waals surface area contributed by atoms with Crippen LogP contribution in [0.2, 0.25) is 0 Å². The fourth-order valence-electron chi connectivity index (χ4n) is 4.04. The van der Waals surface area contributed by atoms with E-state index in [4.69, 9.17) is 4.74 Å². The molecule has 1 fully saturated rings. The first kappa shape index (κ1) is 17.7. The molecular weight excluding hydrogens is 342 g/mol. The van der Waals surface area contributed by atoms with Crippen LogP contribution in [0.25, 0.3) is 0 Å². The summed E-state index contributed by atoms with van der Waals surface area (Å²) in [5.74, 6) is -1.00. The van der Waals surface area contributed by atoms with Crippen LogP contribution in [0.5, 0.6) is 0 Å². The number of ether oxygens (including phenoxy) is 1. The van der Waals surface area contributed by atoms with Crippen LogP contribution < -0.4 is 4.90 Å². The van der Waals surface area contributed by atoms with Crippen molar-refractivity contribution in [2.24, 2.45) is 0 Å². The summed E-state index contributed by atoms with van der Waals surface area (Å²) < 4.78 is 5.23. The number of carbonyl (C=O) groups is 2. The summed E-state index contributed by atoms with van der Waals surface area (Å²) in [7, 11) is 0. The van der Waals surface area contributed by atoms with Gasteiger partial charge in [0, 0.05) is 0 Å². The number of aryl methyl sites for hydroxylation is 2. The lowest BCUT2D eigenvalue weighted by atomic mass is 10.0. The molecule has 1 aliphatic heterocycles. The second-order valence-electron chi connectivity index (χ2n) is 7.30. The molecule has 0 atom stereocenters. The molecule has 1 aliphatic carbocycles. The molecule has 0 unspecified atom stereocenters. The lowest BCUT2D eigenvalue weighted by molar-refractivity contribution is -0.166. The van der Waals surface area contributed by atoms with Gasteiger partial charge in [0.1, 0.15) is 0 Å². The van der Waals surface area contributed by atoms with Gasteiger partial charge in [0.05, 0.1) is 11.4 Å². The van der Waals surface area contributed by atoms with E-state index in [9.17, 15) is 14.7 Å². The van der Waals surface area contributed by atoms with Gasteiger partial charge >= 0.3 is 5.97 Å². The lowest BCUT2D eigenvalue weighted by Gasteiger charge is -2.26. The molecule has 0 aromatic heterocycles. The van der Waals surface area contributed by atoms with E-state index in [0.717, 1.165) is 48.2 Å². The molecule has 5 heteroatoms. The Labute approximate surface area is 158 Å². The van der Waals surface area contributed by atoms with Gasteiger partial charge in [0.15, 0.2) is 12.2 Å². The Kier molecular flexibility index (Phi) is 4.70. The minimum Gasteiger partial charge on any atom is -0.453 e. The van der Waals surface area contributed by atoms with Crippen LogP contribution in [-0.4, -0.2) is 29.2 Å². The zero-order valence-corrected chi connectivity index (χ0v) is 15.2. The minimum atomic E-state index is -1.44. The summed E-state index contributed by atoms with van der Waals surface area (Å²) in [6.07, 6.45) is 4.08. The SMILES string of the molecule is O=C(COC(=O)C1(O)CCCC1)N1c2ccccc2CCc2ccccc21. The number of hydrogen-bond donors (Lipinski definition) is 1. The van der Waals surface area contributed by atoms with Gasteiger partial charge in [-0.2, -0.15) is 0 Å². The molecule has 140 valence electrons. The van der Waals surface area contributed by atoms with E-state index < -0.39 is 11.6 Å². The fourth-order valence-corrected chi connectivity index (χ4v) is 4.04. The molecule has 1 N–H and O–H groups in total. The summed E-state index contributed by atoms with van der Waals surface area (Å²) in [6, 6.07) is 15.6. The number of rotatable bonds is 3. The first-order chi connectivity index (χ1) is 13.1. The Balaban J connectivity index is 1.60. The highest BCUT2D eigenvalue weighted by Gasteiger charge is 2.41. The number of aliphatic hydroxyl groups is 1. The predicted molar refractivity (Wildman–Crippen MR) is 102 cm³/mol. The van der Waals surface area contributed by atoms with Crippen LogP contribution in [-0.2, 0) is 27.2 Å². The Morgan fingerprint density at radius 1 is 0.926 bits per heavy atom. The van der Waals surface area contributed by atoms with Crippen molar-refractivity contribution < 1.29 is 19.4 Å². The average molecular weight is 365 g/mol. The standard InChI is InChI=1S/C22H23NO4/c24-20(15-27-21(25)22(26)13-5-6-14-22)23-18-9-3-1-7-16(18)11-12-17-8-2-4-10-19(17)23/h1-4,7-10,26H,5-6,11-15H2. The molecule has 1 amide bonds. The average Bonchev–Trinajstić information content (AvgIpc) is 3.06. The van der Waals surface area contributed by atoms with Gasteiger partial charge < -0.3 is 9.84 Å². The van der Waals surface area contributed by atoms with Crippen LogP contribution in [0.1, 0.15) is 36.8 Å². The molecule has 5 nitrogen and oxygen atoms in total.